The van der Waals surface area contributed by atoms with Crippen molar-refractivity contribution in [3.05, 3.63) is 53.3 Å². The number of aliphatic hydroxyl groups excluding tert-OH is 1. The van der Waals surface area contributed by atoms with Gasteiger partial charge in [-0.3, -0.25) is 14.3 Å². The van der Waals surface area contributed by atoms with E-state index < -0.39 is 6.10 Å². The number of nitrogens with one attached hydrogen (secondary N) is 1. The van der Waals surface area contributed by atoms with Crippen molar-refractivity contribution in [2.75, 3.05) is 19.6 Å². The maximum Gasteiger partial charge on any atom is 0.274 e. The average molecular weight is 384 g/mol. The number of benzene rings is 1. The largest absolute Gasteiger partial charge is 0.389 e. The van der Waals surface area contributed by atoms with Crippen LogP contribution >= 0.6 is 0 Å². The molecule has 1 aromatic heterocycles. The first-order valence-electron chi connectivity index (χ1n) is 9.59. The Hall–Kier alpha value is -2.71. The van der Waals surface area contributed by atoms with E-state index >= 15 is 0 Å². The van der Waals surface area contributed by atoms with E-state index in [1.165, 1.54) is 10.7 Å². The standard InChI is InChI=1S/C20H24N4O4/c25-15-11-21-19(26)18-10-17(22-24(18)12-15)20(27)23-8-6-16(7-9-23)28-13-14-4-2-1-3-5-14/h1-5,10,15-16,25H,6-9,11-13H2,(H,21,26)/t15-/m0/s1. The molecule has 2 aliphatic heterocycles. The Morgan fingerprint density at radius 2 is 2.00 bits per heavy atom. The summed E-state index contributed by atoms with van der Waals surface area (Å²) in [6, 6.07) is 11.5. The molecule has 2 N–H and O–H groups in total. The molecule has 8 heteroatoms. The van der Waals surface area contributed by atoms with Crippen LogP contribution in [0.15, 0.2) is 36.4 Å². The van der Waals surface area contributed by atoms with E-state index in [0.29, 0.717) is 25.4 Å². The third-order valence-electron chi connectivity index (χ3n) is 5.17. The van der Waals surface area contributed by atoms with Gasteiger partial charge in [-0.25, -0.2) is 0 Å². The van der Waals surface area contributed by atoms with E-state index in [4.69, 9.17) is 4.74 Å². The lowest BCUT2D eigenvalue weighted by Crippen LogP contribution is -2.41. The second-order valence-corrected chi connectivity index (χ2v) is 7.25. The van der Waals surface area contributed by atoms with Crippen LogP contribution in [0, 0.1) is 0 Å². The molecule has 0 spiro atoms. The highest BCUT2D eigenvalue weighted by molar-refractivity contribution is 5.98. The molecule has 0 unspecified atom stereocenters. The summed E-state index contributed by atoms with van der Waals surface area (Å²) < 4.78 is 7.38. The molecule has 2 aromatic rings. The maximum absolute atomic E-state index is 12.8. The summed E-state index contributed by atoms with van der Waals surface area (Å²) in [4.78, 5) is 26.6. The smallest absolute Gasteiger partial charge is 0.274 e. The lowest BCUT2D eigenvalue weighted by atomic mass is 10.1. The number of hydrogen-bond donors (Lipinski definition) is 2. The molecular formula is C20H24N4O4. The Labute approximate surface area is 163 Å². The minimum Gasteiger partial charge on any atom is -0.389 e. The fourth-order valence-corrected chi connectivity index (χ4v) is 3.58. The predicted octanol–water partition coefficient (Wildman–Crippen LogP) is 0.809. The SMILES string of the molecule is O=C1NC[C@H](O)Cn2nc(C(=O)N3CCC(OCc4ccccc4)CC3)cc21. The van der Waals surface area contributed by atoms with Gasteiger partial charge >= 0.3 is 0 Å². The molecule has 148 valence electrons. The minimum absolute atomic E-state index is 0.129. The van der Waals surface area contributed by atoms with Crippen molar-refractivity contribution in [2.24, 2.45) is 0 Å². The molecule has 8 nitrogen and oxygen atoms in total. The molecule has 0 aliphatic carbocycles. The van der Waals surface area contributed by atoms with Crippen LogP contribution in [-0.2, 0) is 17.9 Å². The topological polar surface area (TPSA) is 96.7 Å². The molecule has 2 aliphatic rings. The van der Waals surface area contributed by atoms with Crippen LogP contribution < -0.4 is 5.32 Å². The number of nitrogens with zero attached hydrogens (tertiary/aromatic N) is 3. The Kier molecular flexibility index (Phi) is 5.40. The number of ether oxygens (including phenoxy) is 1. The highest BCUT2D eigenvalue weighted by Crippen LogP contribution is 2.18. The zero-order valence-electron chi connectivity index (χ0n) is 15.6. The van der Waals surface area contributed by atoms with Crippen molar-refractivity contribution in [3.63, 3.8) is 0 Å². The number of amides is 2. The molecule has 4 rings (SSSR count). The van der Waals surface area contributed by atoms with Crippen molar-refractivity contribution in [2.45, 2.75) is 38.2 Å². The zero-order chi connectivity index (χ0) is 19.5. The van der Waals surface area contributed by atoms with Crippen LogP contribution in [0.3, 0.4) is 0 Å². The number of rotatable bonds is 4. The molecule has 1 aromatic carbocycles. The van der Waals surface area contributed by atoms with Gasteiger partial charge in [0.1, 0.15) is 5.69 Å². The lowest BCUT2D eigenvalue weighted by molar-refractivity contribution is -0.000541. The summed E-state index contributed by atoms with van der Waals surface area (Å²) in [5.74, 6) is -0.513. The van der Waals surface area contributed by atoms with Gasteiger partial charge in [0.25, 0.3) is 11.8 Å². The number of likely N-dealkylation sites (tertiary alicyclic amines) is 1. The molecule has 2 amide bonds. The van der Waals surface area contributed by atoms with Crippen molar-refractivity contribution >= 4 is 11.8 Å². The Morgan fingerprint density at radius 1 is 1.25 bits per heavy atom. The summed E-state index contributed by atoms with van der Waals surface area (Å²) in [5, 5.41) is 16.7. The van der Waals surface area contributed by atoms with Gasteiger partial charge in [-0.1, -0.05) is 30.3 Å². The van der Waals surface area contributed by atoms with Crippen molar-refractivity contribution in [1.29, 1.82) is 0 Å². The van der Waals surface area contributed by atoms with Crippen LogP contribution in [0.1, 0.15) is 39.4 Å². The zero-order valence-corrected chi connectivity index (χ0v) is 15.6. The molecular weight excluding hydrogens is 360 g/mol. The van der Waals surface area contributed by atoms with Crippen LogP contribution in [0.5, 0.6) is 0 Å². The van der Waals surface area contributed by atoms with Crippen molar-refractivity contribution < 1.29 is 19.4 Å². The van der Waals surface area contributed by atoms with E-state index in [-0.39, 0.29) is 36.7 Å². The van der Waals surface area contributed by atoms with Gasteiger partial charge in [-0.2, -0.15) is 5.10 Å². The molecule has 0 radical (unpaired) electrons. The molecule has 28 heavy (non-hydrogen) atoms. The van der Waals surface area contributed by atoms with Gasteiger partial charge in [0.15, 0.2) is 5.69 Å². The van der Waals surface area contributed by atoms with Gasteiger partial charge in [-0.05, 0) is 18.4 Å². The maximum atomic E-state index is 12.8. The second kappa shape index (κ2) is 8.12. The number of hydrogen-bond acceptors (Lipinski definition) is 5. The summed E-state index contributed by atoms with van der Waals surface area (Å²) in [5.41, 5.74) is 1.69. The number of β-amino-alcohol motifs (C(OH)–C–C–N with tert-alkyl or cyclic N) is 1. The molecule has 0 bridgehead atoms. The van der Waals surface area contributed by atoms with E-state index in [0.717, 1.165) is 18.4 Å². The van der Waals surface area contributed by atoms with Gasteiger partial charge in [0, 0.05) is 25.7 Å². The van der Waals surface area contributed by atoms with E-state index in [2.05, 4.69) is 10.4 Å². The normalized spacial score (nSPS) is 20.4. The minimum atomic E-state index is -0.717. The van der Waals surface area contributed by atoms with E-state index in [1.54, 1.807) is 4.90 Å². The predicted molar refractivity (Wildman–Crippen MR) is 101 cm³/mol. The lowest BCUT2D eigenvalue weighted by Gasteiger charge is -2.31. The summed E-state index contributed by atoms with van der Waals surface area (Å²) in [7, 11) is 0. The second-order valence-electron chi connectivity index (χ2n) is 7.25. The average Bonchev–Trinajstić information content (AvgIpc) is 3.09. The third kappa shape index (κ3) is 4.07. The molecule has 3 heterocycles. The first-order chi connectivity index (χ1) is 13.6. The number of carbonyl (C=O) groups excluding carboxylic acids is 2. The number of aromatic nitrogens is 2. The molecule has 0 saturated carbocycles. The van der Waals surface area contributed by atoms with Crippen LogP contribution in [0.4, 0.5) is 0 Å². The molecule has 1 saturated heterocycles. The van der Waals surface area contributed by atoms with Crippen LogP contribution in [-0.4, -0.2) is 63.4 Å². The van der Waals surface area contributed by atoms with Crippen LogP contribution in [0.25, 0.3) is 0 Å². The Balaban J connectivity index is 1.34. The highest BCUT2D eigenvalue weighted by Gasteiger charge is 2.29. The van der Waals surface area contributed by atoms with Crippen molar-refractivity contribution in [3.8, 4) is 0 Å². The fraction of sp³-hybridized carbons (Fsp3) is 0.450. The summed E-state index contributed by atoms with van der Waals surface area (Å²) in [6.45, 7) is 2.13. The van der Waals surface area contributed by atoms with Crippen molar-refractivity contribution in [1.82, 2.24) is 20.0 Å². The monoisotopic (exact) mass is 384 g/mol. The van der Waals surface area contributed by atoms with E-state index in [1.807, 2.05) is 30.3 Å². The van der Waals surface area contributed by atoms with Gasteiger partial charge < -0.3 is 20.1 Å². The van der Waals surface area contributed by atoms with Gasteiger partial charge in [0.2, 0.25) is 0 Å². The fourth-order valence-electron chi connectivity index (χ4n) is 3.58. The number of fused-ring (bicyclic) bond motifs is 1. The Morgan fingerprint density at radius 3 is 2.75 bits per heavy atom. The summed E-state index contributed by atoms with van der Waals surface area (Å²) in [6.07, 6.45) is 0.950. The highest BCUT2D eigenvalue weighted by atomic mass is 16.5. The Bertz CT molecular complexity index is 843. The number of piperidine rings is 1. The third-order valence-corrected chi connectivity index (χ3v) is 5.17. The first-order valence-corrected chi connectivity index (χ1v) is 9.59. The van der Waals surface area contributed by atoms with Crippen LogP contribution in [0.2, 0.25) is 0 Å². The van der Waals surface area contributed by atoms with Gasteiger partial charge in [-0.15, -0.1) is 0 Å². The first kappa shape index (κ1) is 18.6. The van der Waals surface area contributed by atoms with E-state index in [9.17, 15) is 14.7 Å². The summed E-state index contributed by atoms with van der Waals surface area (Å²) >= 11 is 0. The quantitative estimate of drug-likeness (QED) is 0.813. The number of aliphatic hydroxyl groups is 1. The molecule has 1 fully saturated rings. The van der Waals surface area contributed by atoms with Gasteiger partial charge in [0.05, 0.1) is 25.4 Å². The molecule has 1 atom stereocenters. The number of carbonyl (C=O) groups is 2.